The number of hydrogen-bond acceptors (Lipinski definition) is 1. The van der Waals surface area contributed by atoms with Crippen LogP contribution < -0.4 is 5.73 Å². The predicted octanol–water partition coefficient (Wildman–Crippen LogP) is 0.0861. The van der Waals surface area contributed by atoms with E-state index < -0.39 is 0 Å². The van der Waals surface area contributed by atoms with Gasteiger partial charge in [-0.15, -0.1) is 0 Å². The zero-order chi connectivity index (χ0) is 2.71. The minimum atomic E-state index is 0. The van der Waals surface area contributed by atoms with Crippen LogP contribution in [0.1, 0.15) is 0 Å². The first-order chi connectivity index (χ1) is 1.41. The summed E-state index contributed by atoms with van der Waals surface area (Å²) < 4.78 is 0. The molecule has 2 heteroatoms. The Kier molecular flexibility index (Phi) is 24.3. The average Bonchev–Trinajstić information content (AvgIpc) is 0.918. The molecule has 0 aliphatic carbocycles. The Labute approximate surface area is 38.6 Å². The molecule has 0 aromatic rings. The number of nitrogens with two attached hydrogens (primary N) is 1. The standard InChI is InChI=1S/C2H5N.Ru/c1-2-3;/h2H,1,3H2;. The maximum absolute atomic E-state index is 4.61. The molecule has 0 radical (unpaired) electrons. The fourth-order valence-electron chi connectivity index (χ4n) is 0. The summed E-state index contributed by atoms with van der Waals surface area (Å²) in [6, 6.07) is 0. The summed E-state index contributed by atoms with van der Waals surface area (Å²) in [5.41, 5.74) is 4.61. The van der Waals surface area contributed by atoms with E-state index in [4.69, 9.17) is 0 Å². The third-order valence-corrected chi connectivity index (χ3v) is 0. The van der Waals surface area contributed by atoms with Crippen molar-refractivity contribution in [3.05, 3.63) is 12.8 Å². The first-order valence-electron chi connectivity index (χ1n) is 0.742. The molecule has 0 aliphatic rings. The molecule has 0 atom stereocenters. The van der Waals surface area contributed by atoms with E-state index in [2.05, 4.69) is 12.3 Å². The van der Waals surface area contributed by atoms with E-state index in [0.717, 1.165) is 0 Å². The molecular formula is C2H5NRu. The molecule has 1 nitrogen and oxygen atoms in total. The summed E-state index contributed by atoms with van der Waals surface area (Å²) in [4.78, 5) is 0. The van der Waals surface area contributed by atoms with Gasteiger partial charge < -0.3 is 5.73 Å². The molecule has 0 spiro atoms. The Hall–Kier alpha value is 0.163. The van der Waals surface area contributed by atoms with Crippen molar-refractivity contribution in [1.82, 2.24) is 0 Å². The van der Waals surface area contributed by atoms with Gasteiger partial charge in [0.05, 0.1) is 0 Å². The van der Waals surface area contributed by atoms with Crippen LogP contribution in [-0.4, -0.2) is 0 Å². The van der Waals surface area contributed by atoms with Crippen LogP contribution in [0, 0.1) is 0 Å². The predicted molar refractivity (Wildman–Crippen MR) is 14.4 cm³/mol. The van der Waals surface area contributed by atoms with Crippen LogP contribution in [0.3, 0.4) is 0 Å². The minimum Gasteiger partial charge on any atom is -0.405 e. The third kappa shape index (κ3) is 110. The van der Waals surface area contributed by atoms with Gasteiger partial charge in [-0.1, -0.05) is 6.58 Å². The Balaban J connectivity index is 0. The van der Waals surface area contributed by atoms with Crippen LogP contribution in [0.25, 0.3) is 0 Å². The monoisotopic (exact) mass is 145 g/mol. The normalized spacial score (nSPS) is 3.00. The van der Waals surface area contributed by atoms with Crippen molar-refractivity contribution in [2.24, 2.45) is 5.73 Å². The van der Waals surface area contributed by atoms with Crippen LogP contribution >= 0.6 is 0 Å². The van der Waals surface area contributed by atoms with Crippen LogP contribution in [0.15, 0.2) is 12.8 Å². The molecule has 0 rings (SSSR count). The molecule has 0 saturated heterocycles. The molecule has 0 aromatic heterocycles. The molecule has 0 unspecified atom stereocenters. The van der Waals surface area contributed by atoms with Crippen molar-refractivity contribution < 1.29 is 19.5 Å². The zero-order valence-corrected chi connectivity index (χ0v) is 3.95. The Morgan fingerprint density at radius 2 is 1.75 bits per heavy atom. The van der Waals surface area contributed by atoms with Gasteiger partial charge in [-0.25, -0.2) is 0 Å². The van der Waals surface area contributed by atoms with Gasteiger partial charge >= 0.3 is 0 Å². The zero-order valence-electron chi connectivity index (χ0n) is 2.22. The summed E-state index contributed by atoms with van der Waals surface area (Å²) >= 11 is 0. The first-order valence-corrected chi connectivity index (χ1v) is 0.742. The van der Waals surface area contributed by atoms with E-state index in [0.29, 0.717) is 0 Å². The molecule has 26 valence electrons. The molecule has 0 bridgehead atoms. The van der Waals surface area contributed by atoms with Crippen molar-refractivity contribution in [2.45, 2.75) is 0 Å². The second-order valence-corrected chi connectivity index (χ2v) is 0.236. The molecular weight excluding hydrogens is 139 g/mol. The maximum atomic E-state index is 4.61. The molecule has 2 N–H and O–H groups in total. The summed E-state index contributed by atoms with van der Waals surface area (Å²) in [5, 5.41) is 0. The molecule has 0 fully saturated rings. The second kappa shape index (κ2) is 10.9. The van der Waals surface area contributed by atoms with Gasteiger partial charge in [0.1, 0.15) is 0 Å². The second-order valence-electron chi connectivity index (χ2n) is 0.236. The van der Waals surface area contributed by atoms with Crippen LogP contribution in [0.5, 0.6) is 0 Å². The van der Waals surface area contributed by atoms with Gasteiger partial charge in [0.25, 0.3) is 0 Å². The van der Waals surface area contributed by atoms with Crippen molar-refractivity contribution in [3.8, 4) is 0 Å². The SMILES string of the molecule is C=CN.[Ru]. The molecule has 0 saturated carbocycles. The van der Waals surface area contributed by atoms with E-state index >= 15 is 0 Å². The van der Waals surface area contributed by atoms with E-state index in [9.17, 15) is 0 Å². The molecule has 4 heavy (non-hydrogen) atoms. The Morgan fingerprint density at radius 3 is 1.75 bits per heavy atom. The van der Waals surface area contributed by atoms with Crippen LogP contribution in [0.4, 0.5) is 0 Å². The molecule has 0 aliphatic heterocycles. The smallest absolute Gasteiger partial charge is 0 e. The van der Waals surface area contributed by atoms with Gasteiger partial charge in [-0.3, -0.25) is 0 Å². The van der Waals surface area contributed by atoms with Crippen LogP contribution in [0.2, 0.25) is 0 Å². The van der Waals surface area contributed by atoms with E-state index in [-0.39, 0.29) is 19.5 Å². The van der Waals surface area contributed by atoms with Gasteiger partial charge in [0.2, 0.25) is 0 Å². The van der Waals surface area contributed by atoms with Gasteiger partial charge in [-0.2, -0.15) is 0 Å². The van der Waals surface area contributed by atoms with E-state index in [1.54, 1.807) is 0 Å². The molecule has 0 amide bonds. The molecule has 0 aromatic carbocycles. The fourth-order valence-corrected chi connectivity index (χ4v) is 0. The van der Waals surface area contributed by atoms with Crippen molar-refractivity contribution in [3.63, 3.8) is 0 Å². The summed E-state index contributed by atoms with van der Waals surface area (Å²) in [6.45, 7) is 3.14. The Bertz CT molecular complexity index is 13.5. The average molecular weight is 144 g/mol. The topological polar surface area (TPSA) is 26.0 Å². The van der Waals surface area contributed by atoms with Gasteiger partial charge in [0.15, 0.2) is 0 Å². The quantitative estimate of drug-likeness (QED) is 0.479. The van der Waals surface area contributed by atoms with Gasteiger partial charge in [0, 0.05) is 19.5 Å². The van der Waals surface area contributed by atoms with Crippen molar-refractivity contribution >= 4 is 0 Å². The number of hydrogen-bond donors (Lipinski definition) is 1. The van der Waals surface area contributed by atoms with E-state index in [1.807, 2.05) is 0 Å². The van der Waals surface area contributed by atoms with E-state index in [1.165, 1.54) is 6.20 Å². The fraction of sp³-hybridized carbons (Fsp3) is 0. The molecule has 0 heterocycles. The summed E-state index contributed by atoms with van der Waals surface area (Å²) in [5.74, 6) is 0. The largest absolute Gasteiger partial charge is 0.405 e. The van der Waals surface area contributed by atoms with Crippen molar-refractivity contribution in [2.75, 3.05) is 0 Å². The van der Waals surface area contributed by atoms with Gasteiger partial charge in [-0.05, 0) is 6.20 Å². The maximum Gasteiger partial charge on any atom is 0 e. The Morgan fingerprint density at radius 1 is 1.75 bits per heavy atom. The van der Waals surface area contributed by atoms with Crippen molar-refractivity contribution in [1.29, 1.82) is 0 Å². The number of rotatable bonds is 0. The van der Waals surface area contributed by atoms with Crippen LogP contribution in [-0.2, 0) is 19.5 Å². The summed E-state index contributed by atoms with van der Waals surface area (Å²) in [7, 11) is 0. The first kappa shape index (κ1) is 8.90. The third-order valence-electron chi connectivity index (χ3n) is 0. The summed E-state index contributed by atoms with van der Waals surface area (Å²) in [6.07, 6.45) is 1.25. The minimum absolute atomic E-state index is 0.